The van der Waals surface area contributed by atoms with E-state index in [1.165, 1.54) is 11.1 Å². The van der Waals surface area contributed by atoms with E-state index in [0.717, 1.165) is 38.5 Å². The van der Waals surface area contributed by atoms with Gasteiger partial charge in [0.05, 0.1) is 28.4 Å². The van der Waals surface area contributed by atoms with Gasteiger partial charge in [0.25, 0.3) is 0 Å². The van der Waals surface area contributed by atoms with E-state index in [1.54, 1.807) is 25.6 Å². The molecular formula is C20H21BrN2O4S. The lowest BCUT2D eigenvalue weighted by Crippen LogP contribution is -2.09. The van der Waals surface area contributed by atoms with E-state index < -0.39 is 0 Å². The summed E-state index contributed by atoms with van der Waals surface area (Å²) in [4.78, 5) is 0. The average Bonchev–Trinajstić information content (AvgIpc) is 3.37. The van der Waals surface area contributed by atoms with Gasteiger partial charge < -0.3 is 18.9 Å². The Morgan fingerprint density at radius 1 is 1.04 bits per heavy atom. The smallest absolute Gasteiger partial charge is 0.161 e. The fourth-order valence-electron chi connectivity index (χ4n) is 3.30. The number of nitrogens with zero attached hydrogens (tertiary/aromatic N) is 1. The molecule has 2 heterocycles. The molecule has 0 unspecified atom stereocenters. The Morgan fingerprint density at radius 2 is 1.75 bits per heavy atom. The number of hydrogen-bond donors (Lipinski definition) is 1. The molecule has 1 aliphatic rings. The Kier molecular flexibility index (Phi) is 6.01. The molecule has 148 valence electrons. The number of hydrogen-bond acceptors (Lipinski definition) is 6. The number of benzene rings is 1. The van der Waals surface area contributed by atoms with Gasteiger partial charge in [0.1, 0.15) is 13.2 Å². The third-order valence-electron chi connectivity index (χ3n) is 4.60. The standard InChI is InChI=1S/C20H21BrN2O4S/c1-24-3-5-26-16-8-12-7-15-19(13-9-18(21)28-11-13)22-23-20(15)14(12)10-17(16)27-6-4-25-2/h8-11H,3-7H2,1-2H3,(H,22,23). The van der Waals surface area contributed by atoms with Crippen LogP contribution in [0.3, 0.4) is 0 Å². The van der Waals surface area contributed by atoms with Crippen molar-refractivity contribution in [3.8, 4) is 34.0 Å². The molecule has 0 aliphatic heterocycles. The van der Waals surface area contributed by atoms with Crippen molar-refractivity contribution in [3.05, 3.63) is 38.5 Å². The molecule has 3 aromatic rings. The minimum atomic E-state index is 0.458. The summed E-state index contributed by atoms with van der Waals surface area (Å²) in [6.07, 6.45) is 0.808. The lowest BCUT2D eigenvalue weighted by atomic mass is 10.1. The van der Waals surface area contributed by atoms with Crippen LogP contribution in [0.4, 0.5) is 0 Å². The quantitative estimate of drug-likeness (QED) is 0.368. The van der Waals surface area contributed by atoms with Gasteiger partial charge in [-0.15, -0.1) is 11.3 Å². The number of nitrogens with one attached hydrogen (secondary N) is 1. The number of H-pyrrole nitrogens is 1. The second-order valence-electron chi connectivity index (χ2n) is 6.38. The van der Waals surface area contributed by atoms with E-state index in [-0.39, 0.29) is 0 Å². The number of aromatic nitrogens is 2. The molecule has 0 spiro atoms. The molecule has 1 N–H and O–H groups in total. The number of thiophene rings is 1. The van der Waals surface area contributed by atoms with Crippen molar-refractivity contribution >= 4 is 27.3 Å². The molecular weight excluding hydrogens is 444 g/mol. The predicted octanol–water partition coefficient (Wildman–Crippen LogP) is 4.52. The number of ether oxygens (including phenoxy) is 4. The number of fused-ring (bicyclic) bond motifs is 3. The fourth-order valence-corrected chi connectivity index (χ4v) is 4.44. The highest BCUT2D eigenvalue weighted by Crippen LogP contribution is 2.45. The summed E-state index contributed by atoms with van der Waals surface area (Å²) in [5.74, 6) is 1.43. The van der Waals surface area contributed by atoms with Gasteiger partial charge in [0, 0.05) is 42.7 Å². The number of halogens is 1. The summed E-state index contributed by atoms with van der Waals surface area (Å²) in [6, 6.07) is 6.20. The van der Waals surface area contributed by atoms with Crippen LogP contribution in [0.25, 0.3) is 22.5 Å². The van der Waals surface area contributed by atoms with Crippen molar-refractivity contribution in [1.29, 1.82) is 0 Å². The lowest BCUT2D eigenvalue weighted by Gasteiger charge is -2.14. The van der Waals surface area contributed by atoms with Gasteiger partial charge >= 0.3 is 0 Å². The largest absolute Gasteiger partial charge is 0.487 e. The molecule has 0 saturated heterocycles. The zero-order valence-electron chi connectivity index (χ0n) is 15.7. The SMILES string of the molecule is COCCOc1cc2c(cc1OCCOC)-c1[nH]nc(-c3csc(Br)c3)c1C2. The van der Waals surface area contributed by atoms with Crippen molar-refractivity contribution in [3.63, 3.8) is 0 Å². The molecule has 1 aliphatic carbocycles. The normalized spacial score (nSPS) is 12.1. The highest BCUT2D eigenvalue weighted by atomic mass is 79.9. The molecule has 1 aromatic carbocycles. The van der Waals surface area contributed by atoms with Crippen LogP contribution >= 0.6 is 27.3 Å². The molecule has 28 heavy (non-hydrogen) atoms. The Morgan fingerprint density at radius 3 is 2.39 bits per heavy atom. The first-order chi connectivity index (χ1) is 13.7. The van der Waals surface area contributed by atoms with Gasteiger partial charge in [-0.2, -0.15) is 5.10 Å². The second-order valence-corrected chi connectivity index (χ2v) is 8.67. The van der Waals surface area contributed by atoms with E-state index in [4.69, 9.17) is 18.9 Å². The fraction of sp³-hybridized carbons (Fsp3) is 0.350. The zero-order chi connectivity index (χ0) is 19.5. The molecule has 0 radical (unpaired) electrons. The number of methoxy groups -OCH3 is 2. The summed E-state index contributed by atoms with van der Waals surface area (Å²) in [5.41, 5.74) is 6.68. The molecule has 0 atom stereocenters. The van der Waals surface area contributed by atoms with Crippen molar-refractivity contribution in [2.24, 2.45) is 0 Å². The Balaban J connectivity index is 1.66. The molecule has 4 rings (SSSR count). The van der Waals surface area contributed by atoms with Crippen LogP contribution in [0.5, 0.6) is 11.5 Å². The van der Waals surface area contributed by atoms with Crippen LogP contribution in [0.1, 0.15) is 11.1 Å². The first-order valence-electron chi connectivity index (χ1n) is 8.93. The molecule has 6 nitrogen and oxygen atoms in total. The van der Waals surface area contributed by atoms with E-state index >= 15 is 0 Å². The summed E-state index contributed by atoms with van der Waals surface area (Å²) in [6.45, 7) is 1.97. The monoisotopic (exact) mass is 464 g/mol. The van der Waals surface area contributed by atoms with E-state index in [0.29, 0.717) is 32.2 Å². The van der Waals surface area contributed by atoms with Crippen LogP contribution in [0.2, 0.25) is 0 Å². The maximum Gasteiger partial charge on any atom is 0.161 e. The van der Waals surface area contributed by atoms with Crippen LogP contribution in [-0.2, 0) is 15.9 Å². The minimum Gasteiger partial charge on any atom is -0.487 e. The third-order valence-corrected chi connectivity index (χ3v) is 6.11. The van der Waals surface area contributed by atoms with Crippen LogP contribution in [0, 0.1) is 0 Å². The first-order valence-corrected chi connectivity index (χ1v) is 10.6. The van der Waals surface area contributed by atoms with Gasteiger partial charge in [-0.25, -0.2) is 0 Å². The molecule has 0 fully saturated rings. The van der Waals surface area contributed by atoms with Crippen molar-refractivity contribution in [1.82, 2.24) is 10.2 Å². The molecule has 0 saturated carbocycles. The Bertz CT molecular complexity index is 969. The van der Waals surface area contributed by atoms with Crippen LogP contribution in [0.15, 0.2) is 27.4 Å². The maximum atomic E-state index is 5.91. The lowest BCUT2D eigenvalue weighted by molar-refractivity contribution is 0.132. The summed E-state index contributed by atoms with van der Waals surface area (Å²) in [5, 5.41) is 9.89. The van der Waals surface area contributed by atoms with Gasteiger partial charge in [-0.05, 0) is 39.7 Å². The Hall–Kier alpha value is -1.87. The first kappa shape index (κ1) is 19.4. The van der Waals surface area contributed by atoms with Gasteiger partial charge in [-0.3, -0.25) is 5.10 Å². The highest BCUT2D eigenvalue weighted by Gasteiger charge is 2.27. The minimum absolute atomic E-state index is 0.458. The van der Waals surface area contributed by atoms with Crippen LogP contribution in [-0.4, -0.2) is 50.8 Å². The van der Waals surface area contributed by atoms with E-state index in [1.807, 2.05) is 6.07 Å². The van der Waals surface area contributed by atoms with Crippen molar-refractivity contribution in [2.75, 3.05) is 40.6 Å². The zero-order valence-corrected chi connectivity index (χ0v) is 18.1. The second kappa shape index (κ2) is 8.65. The molecule has 2 aromatic heterocycles. The van der Waals surface area contributed by atoms with Crippen molar-refractivity contribution in [2.45, 2.75) is 6.42 Å². The molecule has 0 bridgehead atoms. The van der Waals surface area contributed by atoms with Gasteiger partial charge in [-0.1, -0.05) is 0 Å². The van der Waals surface area contributed by atoms with E-state index in [2.05, 4.69) is 43.6 Å². The predicted molar refractivity (Wildman–Crippen MR) is 113 cm³/mol. The molecule has 0 amide bonds. The van der Waals surface area contributed by atoms with Gasteiger partial charge in [0.15, 0.2) is 11.5 Å². The Labute approximate surface area is 175 Å². The molecule has 8 heteroatoms. The number of aromatic amines is 1. The summed E-state index contributed by atoms with van der Waals surface area (Å²) >= 11 is 5.19. The van der Waals surface area contributed by atoms with E-state index in [9.17, 15) is 0 Å². The number of rotatable bonds is 9. The highest BCUT2D eigenvalue weighted by molar-refractivity contribution is 9.11. The van der Waals surface area contributed by atoms with Gasteiger partial charge in [0.2, 0.25) is 0 Å². The van der Waals surface area contributed by atoms with Crippen molar-refractivity contribution < 1.29 is 18.9 Å². The topological polar surface area (TPSA) is 65.6 Å². The maximum absolute atomic E-state index is 5.91. The third kappa shape index (κ3) is 3.82. The summed E-state index contributed by atoms with van der Waals surface area (Å²) < 4.78 is 23.1. The average molecular weight is 465 g/mol. The van der Waals surface area contributed by atoms with Crippen LogP contribution < -0.4 is 9.47 Å². The summed E-state index contributed by atoms with van der Waals surface area (Å²) in [7, 11) is 3.31.